The second-order valence-corrected chi connectivity index (χ2v) is 6.21. The van der Waals surface area contributed by atoms with E-state index in [0.717, 1.165) is 24.6 Å². The van der Waals surface area contributed by atoms with E-state index >= 15 is 0 Å². The fourth-order valence-corrected chi connectivity index (χ4v) is 3.65. The molecule has 124 valence electrons. The van der Waals surface area contributed by atoms with Crippen molar-refractivity contribution in [1.29, 1.82) is 0 Å². The molecule has 2 aliphatic rings. The van der Waals surface area contributed by atoms with Gasteiger partial charge in [0.25, 0.3) is 5.91 Å². The lowest BCUT2D eigenvalue weighted by Gasteiger charge is -2.41. The van der Waals surface area contributed by atoms with Crippen LogP contribution in [0.15, 0.2) is 36.5 Å². The van der Waals surface area contributed by atoms with Crippen LogP contribution in [0.2, 0.25) is 0 Å². The fourth-order valence-electron chi connectivity index (χ4n) is 3.65. The summed E-state index contributed by atoms with van der Waals surface area (Å²) < 4.78 is 32.9. The summed E-state index contributed by atoms with van der Waals surface area (Å²) in [5.74, 6) is -2.26. The number of carbonyl (C=O) groups is 1. The molecule has 1 atom stereocenters. The van der Waals surface area contributed by atoms with Crippen LogP contribution in [0.4, 0.5) is 8.78 Å². The van der Waals surface area contributed by atoms with Gasteiger partial charge >= 0.3 is 0 Å². The molecule has 1 spiro atoms. The van der Waals surface area contributed by atoms with Crippen molar-refractivity contribution in [2.75, 3.05) is 19.7 Å². The van der Waals surface area contributed by atoms with E-state index in [2.05, 4.69) is 11.1 Å². The number of amides is 1. The molecule has 1 amide bonds. The number of aryl methyl sites for hydroxylation is 1. The number of morpholine rings is 1. The van der Waals surface area contributed by atoms with E-state index in [1.807, 2.05) is 18.2 Å². The van der Waals surface area contributed by atoms with Gasteiger partial charge in [-0.1, -0.05) is 24.3 Å². The minimum absolute atomic E-state index is 0.347. The molecule has 4 nitrogen and oxygen atoms in total. The Morgan fingerprint density at radius 3 is 2.96 bits per heavy atom. The zero-order chi connectivity index (χ0) is 16.7. The molecule has 0 bridgehead atoms. The van der Waals surface area contributed by atoms with Crippen molar-refractivity contribution in [3.8, 4) is 0 Å². The van der Waals surface area contributed by atoms with Crippen LogP contribution in [-0.4, -0.2) is 35.5 Å². The average Bonchev–Trinajstić information content (AvgIpc) is 2.93. The topological polar surface area (TPSA) is 42.4 Å². The Labute approximate surface area is 138 Å². The third-order valence-corrected chi connectivity index (χ3v) is 4.79. The fraction of sp³-hybridized carbons (Fsp3) is 0.333. The molecule has 24 heavy (non-hydrogen) atoms. The molecule has 1 saturated heterocycles. The van der Waals surface area contributed by atoms with Crippen molar-refractivity contribution in [3.63, 3.8) is 0 Å². The Hall–Kier alpha value is -2.34. The maximum absolute atomic E-state index is 13.9. The smallest absolute Gasteiger partial charge is 0.275 e. The Balaban J connectivity index is 1.63. The summed E-state index contributed by atoms with van der Waals surface area (Å²) in [7, 11) is 0. The van der Waals surface area contributed by atoms with Gasteiger partial charge in [-0.2, -0.15) is 0 Å². The van der Waals surface area contributed by atoms with Crippen molar-refractivity contribution in [3.05, 3.63) is 65.0 Å². The number of carbonyl (C=O) groups excluding carboxylic acids is 1. The summed E-state index contributed by atoms with van der Waals surface area (Å²) >= 11 is 0. The molecule has 0 N–H and O–H groups in total. The van der Waals surface area contributed by atoms with Gasteiger partial charge in [0.05, 0.1) is 19.3 Å². The van der Waals surface area contributed by atoms with Crippen LogP contribution in [0.5, 0.6) is 0 Å². The summed E-state index contributed by atoms with van der Waals surface area (Å²) in [5.41, 5.74) is 1.42. The normalized spacial score (nSPS) is 22.7. The van der Waals surface area contributed by atoms with Gasteiger partial charge in [0.1, 0.15) is 11.4 Å². The molecular formula is C18H16F2N2O2. The molecule has 1 aliphatic carbocycles. The highest BCUT2D eigenvalue weighted by molar-refractivity contribution is 5.92. The first-order valence-electron chi connectivity index (χ1n) is 7.92. The van der Waals surface area contributed by atoms with Gasteiger partial charge in [-0.15, -0.1) is 0 Å². The van der Waals surface area contributed by atoms with Gasteiger partial charge in [-0.3, -0.25) is 4.79 Å². The van der Waals surface area contributed by atoms with E-state index in [9.17, 15) is 13.6 Å². The molecule has 6 heteroatoms. The van der Waals surface area contributed by atoms with Gasteiger partial charge in [-0.25, -0.2) is 13.8 Å². The minimum atomic E-state index is -0.938. The van der Waals surface area contributed by atoms with Gasteiger partial charge < -0.3 is 9.64 Å². The predicted octanol–water partition coefficient (Wildman–Crippen LogP) is 2.67. The van der Waals surface area contributed by atoms with Gasteiger partial charge in [0.15, 0.2) is 11.5 Å². The number of pyridine rings is 1. The number of fused-ring (bicyclic) bond motifs is 2. The summed E-state index contributed by atoms with van der Waals surface area (Å²) in [5, 5.41) is 0. The minimum Gasteiger partial charge on any atom is -0.367 e. The largest absolute Gasteiger partial charge is 0.367 e. The maximum atomic E-state index is 13.9. The molecule has 0 saturated carbocycles. The highest BCUT2D eigenvalue weighted by Gasteiger charge is 2.44. The first-order valence-corrected chi connectivity index (χ1v) is 7.92. The standard InChI is InChI=1S/C18H16F2N2O2/c19-13-9-15(20)16(21-10-13)17(23)22-7-8-24-18(11-22)6-5-12-3-1-2-4-14(12)18/h1-4,9-10H,5-8,11H2. The number of halogens is 2. The maximum Gasteiger partial charge on any atom is 0.275 e. The van der Waals surface area contributed by atoms with Crippen molar-refractivity contribution >= 4 is 5.91 Å². The molecule has 1 aromatic carbocycles. The van der Waals surface area contributed by atoms with Crippen LogP contribution in [0.1, 0.15) is 28.0 Å². The number of hydrogen-bond acceptors (Lipinski definition) is 3. The van der Waals surface area contributed by atoms with Crippen LogP contribution in [0.25, 0.3) is 0 Å². The summed E-state index contributed by atoms with van der Waals surface area (Å²) in [6.07, 6.45) is 2.54. The van der Waals surface area contributed by atoms with Crippen molar-refractivity contribution in [1.82, 2.24) is 9.88 Å². The van der Waals surface area contributed by atoms with Crippen molar-refractivity contribution in [2.24, 2.45) is 0 Å². The first-order chi connectivity index (χ1) is 11.6. The predicted molar refractivity (Wildman–Crippen MR) is 82.4 cm³/mol. The number of ether oxygens (including phenoxy) is 1. The third-order valence-electron chi connectivity index (χ3n) is 4.79. The average molecular weight is 330 g/mol. The van der Waals surface area contributed by atoms with Crippen molar-refractivity contribution in [2.45, 2.75) is 18.4 Å². The molecular weight excluding hydrogens is 314 g/mol. The van der Waals surface area contributed by atoms with Gasteiger partial charge in [0, 0.05) is 12.6 Å². The third kappa shape index (κ3) is 2.38. The first kappa shape index (κ1) is 15.2. The van der Waals surface area contributed by atoms with E-state index in [0.29, 0.717) is 25.8 Å². The molecule has 4 rings (SSSR count). The van der Waals surface area contributed by atoms with E-state index in [-0.39, 0.29) is 5.69 Å². The van der Waals surface area contributed by atoms with E-state index in [1.54, 1.807) is 4.90 Å². The highest BCUT2D eigenvalue weighted by atomic mass is 19.1. The zero-order valence-electron chi connectivity index (χ0n) is 13.0. The molecule has 1 aromatic heterocycles. The van der Waals surface area contributed by atoms with Crippen LogP contribution in [0.3, 0.4) is 0 Å². The Morgan fingerprint density at radius 1 is 1.29 bits per heavy atom. The quantitative estimate of drug-likeness (QED) is 0.807. The lowest BCUT2D eigenvalue weighted by Crippen LogP contribution is -2.51. The summed E-state index contributed by atoms with van der Waals surface area (Å²) in [6.45, 7) is 1.09. The molecule has 1 unspecified atom stereocenters. The molecule has 2 heterocycles. The number of benzene rings is 1. The molecule has 1 fully saturated rings. The van der Waals surface area contributed by atoms with Gasteiger partial charge in [0.2, 0.25) is 0 Å². The molecule has 0 radical (unpaired) electrons. The monoisotopic (exact) mass is 330 g/mol. The lowest BCUT2D eigenvalue weighted by atomic mass is 9.93. The van der Waals surface area contributed by atoms with Crippen LogP contribution >= 0.6 is 0 Å². The van der Waals surface area contributed by atoms with E-state index < -0.39 is 23.1 Å². The van der Waals surface area contributed by atoms with E-state index in [4.69, 9.17) is 4.74 Å². The highest BCUT2D eigenvalue weighted by Crippen LogP contribution is 2.42. The number of rotatable bonds is 1. The number of aromatic nitrogens is 1. The SMILES string of the molecule is O=C(c1ncc(F)cc1F)N1CCOC2(CCc3ccccc32)C1. The second kappa shape index (κ2) is 5.63. The number of hydrogen-bond donors (Lipinski definition) is 0. The van der Waals surface area contributed by atoms with Crippen LogP contribution in [-0.2, 0) is 16.8 Å². The van der Waals surface area contributed by atoms with E-state index in [1.165, 1.54) is 5.56 Å². The number of nitrogens with zero attached hydrogens (tertiary/aromatic N) is 2. The second-order valence-electron chi connectivity index (χ2n) is 6.21. The summed E-state index contributed by atoms with van der Waals surface area (Å²) in [6, 6.07) is 8.71. The Bertz CT molecular complexity index is 807. The van der Waals surface area contributed by atoms with Crippen molar-refractivity contribution < 1.29 is 18.3 Å². The molecule has 2 aromatic rings. The Morgan fingerprint density at radius 2 is 2.12 bits per heavy atom. The lowest BCUT2D eigenvalue weighted by molar-refractivity contribution is -0.104. The van der Waals surface area contributed by atoms with Crippen LogP contribution in [0, 0.1) is 11.6 Å². The molecule has 1 aliphatic heterocycles. The summed E-state index contributed by atoms with van der Waals surface area (Å²) in [4.78, 5) is 17.8. The zero-order valence-corrected chi connectivity index (χ0v) is 13.0. The Kier molecular flexibility index (Phi) is 3.57. The van der Waals surface area contributed by atoms with Crippen LogP contribution < -0.4 is 0 Å². The van der Waals surface area contributed by atoms with Gasteiger partial charge in [-0.05, 0) is 24.0 Å².